The number of benzene rings is 3. The molecule has 3 rings (SSSR count). The molecule has 3 aromatic carbocycles. The minimum atomic E-state index is -0.219. The van der Waals surface area contributed by atoms with Gasteiger partial charge in [-0.3, -0.25) is 9.59 Å². The number of para-hydroxylation sites is 1. The van der Waals surface area contributed by atoms with Crippen LogP contribution in [0.15, 0.2) is 66.7 Å². The van der Waals surface area contributed by atoms with Gasteiger partial charge in [-0.25, -0.2) is 0 Å². The minimum Gasteiger partial charge on any atom is -0.457 e. The van der Waals surface area contributed by atoms with Crippen LogP contribution in [0.25, 0.3) is 11.1 Å². The number of ether oxygens (including phenoxy) is 1. The van der Waals surface area contributed by atoms with E-state index in [0.717, 1.165) is 16.9 Å². The number of hydrogen-bond acceptors (Lipinski definition) is 3. The average molecular weight is 359 g/mol. The zero-order valence-corrected chi connectivity index (χ0v) is 15.1. The van der Waals surface area contributed by atoms with E-state index >= 15 is 0 Å². The van der Waals surface area contributed by atoms with Gasteiger partial charge in [0.15, 0.2) is 0 Å². The summed E-state index contributed by atoms with van der Waals surface area (Å²) in [6, 6.07) is 23.6. The fraction of sp³-hybridized carbons (Fsp3) is 0.0909. The van der Waals surface area contributed by atoms with Crippen molar-refractivity contribution in [1.82, 2.24) is 0 Å². The summed E-state index contributed by atoms with van der Waals surface area (Å²) < 4.78 is 5.86. The summed E-state index contributed by atoms with van der Waals surface area (Å²) in [5.74, 6) is 1.000. The first-order valence-electron chi connectivity index (χ1n) is 8.45. The highest BCUT2D eigenvalue weighted by Gasteiger charge is 2.09. The molecule has 0 spiro atoms. The van der Waals surface area contributed by atoms with Gasteiger partial charge in [0.05, 0.1) is 11.4 Å². The Bertz CT molecular complexity index is 968. The van der Waals surface area contributed by atoms with E-state index in [1.807, 2.05) is 48.5 Å². The highest BCUT2D eigenvalue weighted by atomic mass is 16.5. The van der Waals surface area contributed by atoms with Crippen LogP contribution in [0, 0.1) is 6.07 Å². The second-order valence-electron chi connectivity index (χ2n) is 5.98. The van der Waals surface area contributed by atoms with E-state index in [1.54, 1.807) is 18.2 Å². The molecule has 0 aromatic heterocycles. The maximum atomic E-state index is 11.5. The maximum absolute atomic E-state index is 11.5. The van der Waals surface area contributed by atoms with Gasteiger partial charge >= 0.3 is 0 Å². The van der Waals surface area contributed by atoms with Crippen molar-refractivity contribution >= 4 is 23.2 Å². The number of carbonyl (C=O) groups is 2. The van der Waals surface area contributed by atoms with Crippen LogP contribution in [0.5, 0.6) is 11.5 Å². The van der Waals surface area contributed by atoms with Gasteiger partial charge in [0.1, 0.15) is 11.5 Å². The topological polar surface area (TPSA) is 67.4 Å². The zero-order chi connectivity index (χ0) is 19.2. The van der Waals surface area contributed by atoms with Crippen LogP contribution in [0.2, 0.25) is 0 Å². The first kappa shape index (κ1) is 18.2. The smallest absolute Gasteiger partial charge is 0.221 e. The van der Waals surface area contributed by atoms with Gasteiger partial charge in [0.2, 0.25) is 11.8 Å². The number of anilines is 2. The van der Waals surface area contributed by atoms with E-state index in [1.165, 1.54) is 13.8 Å². The zero-order valence-electron chi connectivity index (χ0n) is 15.1. The molecular weight excluding hydrogens is 340 g/mol. The van der Waals surface area contributed by atoms with Gasteiger partial charge < -0.3 is 15.4 Å². The van der Waals surface area contributed by atoms with Crippen LogP contribution in [0.3, 0.4) is 0 Å². The summed E-state index contributed by atoms with van der Waals surface area (Å²) in [4.78, 5) is 22.9. The Balaban J connectivity index is 1.92. The van der Waals surface area contributed by atoms with Crippen molar-refractivity contribution in [1.29, 1.82) is 0 Å². The Hall–Kier alpha value is -3.60. The molecule has 0 aliphatic rings. The maximum Gasteiger partial charge on any atom is 0.221 e. The van der Waals surface area contributed by atoms with Crippen molar-refractivity contribution in [3.8, 4) is 22.6 Å². The molecule has 0 aliphatic heterocycles. The van der Waals surface area contributed by atoms with E-state index < -0.39 is 0 Å². The van der Waals surface area contributed by atoms with E-state index in [0.29, 0.717) is 17.1 Å². The molecule has 0 bridgehead atoms. The average Bonchev–Trinajstić information content (AvgIpc) is 2.63. The van der Waals surface area contributed by atoms with Gasteiger partial charge in [-0.1, -0.05) is 30.3 Å². The van der Waals surface area contributed by atoms with E-state index in [4.69, 9.17) is 4.74 Å². The molecule has 135 valence electrons. The van der Waals surface area contributed by atoms with Crippen molar-refractivity contribution < 1.29 is 14.3 Å². The van der Waals surface area contributed by atoms with Gasteiger partial charge in [-0.15, -0.1) is 0 Å². The Morgan fingerprint density at radius 1 is 0.815 bits per heavy atom. The van der Waals surface area contributed by atoms with Crippen molar-refractivity contribution in [2.24, 2.45) is 0 Å². The Labute approximate surface area is 158 Å². The number of hydrogen-bond donors (Lipinski definition) is 2. The molecule has 0 aliphatic carbocycles. The van der Waals surface area contributed by atoms with Crippen LogP contribution in [-0.2, 0) is 9.59 Å². The Kier molecular flexibility index (Phi) is 5.52. The molecule has 0 fully saturated rings. The molecule has 0 saturated heterocycles. The van der Waals surface area contributed by atoms with Gasteiger partial charge in [0, 0.05) is 13.8 Å². The quantitative estimate of drug-likeness (QED) is 0.683. The molecule has 27 heavy (non-hydrogen) atoms. The molecule has 2 amide bonds. The van der Waals surface area contributed by atoms with Crippen molar-refractivity contribution in [3.05, 3.63) is 72.8 Å². The minimum absolute atomic E-state index is 0.209. The van der Waals surface area contributed by atoms with Crippen LogP contribution >= 0.6 is 0 Å². The highest BCUT2D eigenvalue weighted by molar-refractivity contribution is 5.99. The normalized spacial score (nSPS) is 10.1. The third kappa shape index (κ3) is 4.95. The van der Waals surface area contributed by atoms with E-state index in [9.17, 15) is 9.59 Å². The first-order chi connectivity index (χ1) is 13.0. The molecule has 2 N–H and O–H groups in total. The Morgan fingerprint density at radius 2 is 1.52 bits per heavy atom. The summed E-state index contributed by atoms with van der Waals surface area (Å²) in [5.41, 5.74) is 2.71. The molecule has 1 radical (unpaired) electrons. The van der Waals surface area contributed by atoms with Crippen LogP contribution < -0.4 is 15.4 Å². The molecule has 0 heterocycles. The lowest BCUT2D eigenvalue weighted by atomic mass is 10.0. The summed E-state index contributed by atoms with van der Waals surface area (Å²) in [7, 11) is 0. The molecular formula is C22H19N2O3. The lowest BCUT2D eigenvalue weighted by Gasteiger charge is -2.13. The van der Waals surface area contributed by atoms with Gasteiger partial charge in [-0.05, 0) is 53.6 Å². The monoisotopic (exact) mass is 359 g/mol. The fourth-order valence-electron chi connectivity index (χ4n) is 2.60. The standard InChI is InChI=1S/C22H19N2O3/c1-15(25)23-21-12-11-18(14-22(21)24-16(2)26)17-7-6-10-20(13-17)27-19-8-4-3-5-9-19/h3-6,8-14H,1-2H3,(H,23,25)(H,24,26). The molecule has 0 unspecified atom stereocenters. The van der Waals surface area contributed by atoms with Crippen LogP contribution in [0.4, 0.5) is 11.4 Å². The third-order valence-corrected chi connectivity index (χ3v) is 3.70. The van der Waals surface area contributed by atoms with Gasteiger partial charge in [0.25, 0.3) is 0 Å². The number of rotatable bonds is 5. The molecule has 5 nitrogen and oxygen atoms in total. The van der Waals surface area contributed by atoms with E-state index in [2.05, 4.69) is 16.7 Å². The van der Waals surface area contributed by atoms with Crippen molar-refractivity contribution in [3.63, 3.8) is 0 Å². The summed E-state index contributed by atoms with van der Waals surface area (Å²) >= 11 is 0. The molecule has 3 aromatic rings. The highest BCUT2D eigenvalue weighted by Crippen LogP contribution is 2.31. The Morgan fingerprint density at radius 3 is 2.22 bits per heavy atom. The second kappa shape index (κ2) is 8.19. The van der Waals surface area contributed by atoms with Crippen molar-refractivity contribution in [2.75, 3.05) is 10.6 Å². The summed E-state index contributed by atoms with van der Waals surface area (Å²) in [5, 5.41) is 5.46. The SMILES string of the molecule is CC(=O)Nc1ccc(-c2[c]ccc(Oc3ccccc3)c2)cc1NC(C)=O. The predicted octanol–water partition coefficient (Wildman–Crippen LogP) is 4.86. The largest absolute Gasteiger partial charge is 0.457 e. The molecule has 0 atom stereocenters. The number of amides is 2. The third-order valence-electron chi connectivity index (χ3n) is 3.70. The lowest BCUT2D eigenvalue weighted by Crippen LogP contribution is -2.12. The van der Waals surface area contributed by atoms with Crippen molar-refractivity contribution in [2.45, 2.75) is 13.8 Å². The fourth-order valence-corrected chi connectivity index (χ4v) is 2.60. The first-order valence-corrected chi connectivity index (χ1v) is 8.45. The molecule has 0 saturated carbocycles. The summed E-state index contributed by atoms with van der Waals surface area (Å²) in [6.45, 7) is 2.84. The number of carbonyl (C=O) groups excluding carboxylic acids is 2. The lowest BCUT2D eigenvalue weighted by molar-refractivity contribution is -0.115. The summed E-state index contributed by atoms with van der Waals surface area (Å²) in [6.07, 6.45) is 0. The number of nitrogens with one attached hydrogen (secondary N) is 2. The predicted molar refractivity (Wildman–Crippen MR) is 106 cm³/mol. The second-order valence-corrected chi connectivity index (χ2v) is 5.98. The van der Waals surface area contributed by atoms with Crippen LogP contribution in [-0.4, -0.2) is 11.8 Å². The van der Waals surface area contributed by atoms with Gasteiger partial charge in [-0.2, -0.15) is 0 Å². The van der Waals surface area contributed by atoms with E-state index in [-0.39, 0.29) is 11.8 Å². The van der Waals surface area contributed by atoms with Crippen LogP contribution in [0.1, 0.15) is 13.8 Å². The molecule has 5 heteroatoms.